The van der Waals surface area contributed by atoms with Crippen LogP contribution in [-0.2, 0) is 17.8 Å². The number of benzene rings is 3. The van der Waals surface area contributed by atoms with Crippen LogP contribution in [0.4, 0.5) is 0 Å². The van der Waals surface area contributed by atoms with Crippen molar-refractivity contribution in [3.63, 3.8) is 0 Å². The number of carbonyl (C=O) groups is 2. The predicted octanol–water partition coefficient (Wildman–Crippen LogP) is 4.58. The van der Waals surface area contributed by atoms with Crippen LogP contribution in [0, 0.1) is 0 Å². The first-order valence-corrected chi connectivity index (χ1v) is 10.3. The molecule has 0 atom stereocenters. The van der Waals surface area contributed by atoms with E-state index in [4.69, 9.17) is 16.8 Å². The van der Waals surface area contributed by atoms with Crippen LogP contribution in [0.15, 0.2) is 72.8 Å². The van der Waals surface area contributed by atoms with Crippen molar-refractivity contribution in [1.29, 1.82) is 0 Å². The van der Waals surface area contributed by atoms with Crippen LogP contribution >= 0.6 is 11.6 Å². The summed E-state index contributed by atoms with van der Waals surface area (Å²) >= 11 is 6.20. The minimum Gasteiger partial charge on any atom is -0.334 e. The van der Waals surface area contributed by atoms with Gasteiger partial charge in [0.15, 0.2) is 0 Å². The fourth-order valence-corrected chi connectivity index (χ4v) is 3.94. The molecule has 0 radical (unpaired) electrons. The number of hydroxylamine groups is 1. The van der Waals surface area contributed by atoms with Gasteiger partial charge >= 0.3 is 0 Å². The first-order chi connectivity index (χ1) is 15.0. The van der Waals surface area contributed by atoms with Crippen molar-refractivity contribution >= 4 is 35.1 Å². The highest BCUT2D eigenvalue weighted by Gasteiger charge is 2.25. The average Bonchev–Trinajstić information content (AvgIpc) is 2.81. The van der Waals surface area contributed by atoms with Gasteiger partial charge in [-0.15, -0.1) is 0 Å². The monoisotopic (exact) mass is 432 g/mol. The van der Waals surface area contributed by atoms with Crippen LogP contribution in [0.5, 0.6) is 0 Å². The molecule has 0 spiro atoms. The van der Waals surface area contributed by atoms with E-state index < -0.39 is 5.91 Å². The molecule has 156 valence electrons. The topological polar surface area (TPSA) is 69.6 Å². The number of rotatable bonds is 4. The zero-order chi connectivity index (χ0) is 21.8. The Hall–Kier alpha value is -3.41. The van der Waals surface area contributed by atoms with Gasteiger partial charge in [0.2, 0.25) is 0 Å². The van der Waals surface area contributed by atoms with E-state index in [1.54, 1.807) is 34.6 Å². The van der Waals surface area contributed by atoms with E-state index in [0.29, 0.717) is 35.7 Å². The Morgan fingerprint density at radius 1 is 0.935 bits per heavy atom. The molecule has 1 aliphatic heterocycles. The summed E-state index contributed by atoms with van der Waals surface area (Å²) in [6, 6.07) is 22.2. The second-order valence-electron chi connectivity index (χ2n) is 7.38. The third kappa shape index (κ3) is 4.68. The molecule has 31 heavy (non-hydrogen) atoms. The fourth-order valence-electron chi connectivity index (χ4n) is 3.75. The lowest BCUT2D eigenvalue weighted by Crippen LogP contribution is -2.36. The van der Waals surface area contributed by atoms with E-state index in [2.05, 4.69) is 0 Å². The van der Waals surface area contributed by atoms with Gasteiger partial charge in [0.1, 0.15) is 0 Å². The summed E-state index contributed by atoms with van der Waals surface area (Å²) in [5, 5.41) is 9.47. The number of halogens is 1. The second-order valence-corrected chi connectivity index (χ2v) is 7.82. The molecule has 6 heteroatoms. The van der Waals surface area contributed by atoms with E-state index in [1.807, 2.05) is 54.6 Å². The van der Waals surface area contributed by atoms with E-state index >= 15 is 0 Å². The number of nitrogens with one attached hydrogen (secondary N) is 1. The number of nitrogens with zero attached hydrogens (tertiary/aromatic N) is 1. The summed E-state index contributed by atoms with van der Waals surface area (Å²) in [5.74, 6) is -0.677. The first kappa shape index (κ1) is 20.8. The molecule has 0 aliphatic carbocycles. The average molecular weight is 433 g/mol. The second kappa shape index (κ2) is 9.16. The molecule has 4 rings (SSSR count). The number of hydrogen-bond donors (Lipinski definition) is 2. The summed E-state index contributed by atoms with van der Waals surface area (Å²) in [7, 11) is 0. The number of hydrogen-bond acceptors (Lipinski definition) is 3. The van der Waals surface area contributed by atoms with Crippen LogP contribution in [0.3, 0.4) is 0 Å². The summed E-state index contributed by atoms with van der Waals surface area (Å²) < 4.78 is 0. The van der Waals surface area contributed by atoms with Crippen molar-refractivity contribution < 1.29 is 14.8 Å². The van der Waals surface area contributed by atoms with E-state index in [9.17, 15) is 9.59 Å². The van der Waals surface area contributed by atoms with Gasteiger partial charge in [-0.2, -0.15) is 0 Å². The fraction of sp³-hybridized carbons (Fsp3) is 0.120. The standard InChI is InChI=1S/C25H21ClN2O3/c26-22-8-4-7-19(15-22)23(13-17-5-2-1-3-6-17)25(30)28-12-11-18-9-10-20(24(29)27-31)14-21(18)16-28/h1-10,13-15,31H,11-12,16H2,(H,27,29)/b23-13+. The number of fused-ring (bicyclic) bond motifs is 1. The van der Waals surface area contributed by atoms with Crippen LogP contribution in [0.25, 0.3) is 11.6 Å². The molecular formula is C25H21ClN2O3. The van der Waals surface area contributed by atoms with Gasteiger partial charge in [0.05, 0.1) is 0 Å². The highest BCUT2D eigenvalue weighted by Crippen LogP contribution is 2.27. The summed E-state index contributed by atoms with van der Waals surface area (Å²) in [6.45, 7) is 0.956. The van der Waals surface area contributed by atoms with Crippen molar-refractivity contribution in [3.05, 3.63) is 106 Å². The van der Waals surface area contributed by atoms with E-state index in [1.165, 1.54) is 0 Å². The largest absolute Gasteiger partial charge is 0.334 e. The van der Waals surface area contributed by atoms with Crippen molar-refractivity contribution in [2.45, 2.75) is 13.0 Å². The van der Waals surface area contributed by atoms with Crippen LogP contribution in [-0.4, -0.2) is 28.5 Å². The Morgan fingerprint density at radius 2 is 1.74 bits per heavy atom. The van der Waals surface area contributed by atoms with Crippen LogP contribution < -0.4 is 5.48 Å². The van der Waals surface area contributed by atoms with Crippen LogP contribution in [0.1, 0.15) is 32.6 Å². The normalized spacial score (nSPS) is 13.5. The van der Waals surface area contributed by atoms with E-state index in [0.717, 1.165) is 22.3 Å². The smallest absolute Gasteiger partial charge is 0.274 e. The molecule has 3 aromatic carbocycles. The summed E-state index contributed by atoms with van der Waals surface area (Å²) in [5.41, 5.74) is 6.22. The van der Waals surface area contributed by atoms with Gasteiger partial charge in [0, 0.05) is 29.2 Å². The highest BCUT2D eigenvalue weighted by atomic mass is 35.5. The molecule has 0 saturated heterocycles. The van der Waals surface area contributed by atoms with E-state index in [-0.39, 0.29) is 5.91 Å². The van der Waals surface area contributed by atoms with Crippen molar-refractivity contribution in [2.75, 3.05) is 6.54 Å². The maximum absolute atomic E-state index is 13.6. The summed E-state index contributed by atoms with van der Waals surface area (Å²) in [6.07, 6.45) is 2.56. The lowest BCUT2D eigenvalue weighted by Gasteiger charge is -2.30. The predicted molar refractivity (Wildman–Crippen MR) is 121 cm³/mol. The minimum absolute atomic E-state index is 0.103. The highest BCUT2D eigenvalue weighted by molar-refractivity contribution is 6.31. The third-order valence-electron chi connectivity index (χ3n) is 5.35. The van der Waals surface area contributed by atoms with Crippen molar-refractivity contribution in [1.82, 2.24) is 10.4 Å². The molecule has 5 nitrogen and oxygen atoms in total. The Labute approximate surface area is 185 Å². The van der Waals surface area contributed by atoms with Crippen molar-refractivity contribution in [2.24, 2.45) is 0 Å². The molecular weight excluding hydrogens is 412 g/mol. The van der Waals surface area contributed by atoms with Gasteiger partial charge in [-0.3, -0.25) is 14.8 Å². The van der Waals surface area contributed by atoms with Crippen LogP contribution in [0.2, 0.25) is 5.02 Å². The Kier molecular flexibility index (Phi) is 6.16. The zero-order valence-corrected chi connectivity index (χ0v) is 17.5. The third-order valence-corrected chi connectivity index (χ3v) is 5.58. The molecule has 0 fully saturated rings. The molecule has 1 aliphatic rings. The quantitative estimate of drug-likeness (QED) is 0.274. The van der Waals surface area contributed by atoms with Gasteiger partial charge in [-0.1, -0.05) is 60.1 Å². The Morgan fingerprint density at radius 3 is 2.48 bits per heavy atom. The zero-order valence-electron chi connectivity index (χ0n) is 16.7. The van der Waals surface area contributed by atoms with Gasteiger partial charge in [-0.05, 0) is 59.0 Å². The van der Waals surface area contributed by atoms with Crippen molar-refractivity contribution in [3.8, 4) is 0 Å². The SMILES string of the molecule is O=C(NO)c1ccc2c(c1)CN(C(=O)/C(=C/c1ccccc1)c1cccc(Cl)c1)CC2. The maximum Gasteiger partial charge on any atom is 0.274 e. The van der Waals surface area contributed by atoms with Gasteiger partial charge in [0.25, 0.3) is 11.8 Å². The number of amides is 2. The Balaban J connectivity index is 1.68. The molecule has 0 saturated carbocycles. The van der Waals surface area contributed by atoms with Gasteiger partial charge < -0.3 is 4.90 Å². The lowest BCUT2D eigenvalue weighted by atomic mass is 9.95. The first-order valence-electron chi connectivity index (χ1n) is 9.93. The Bertz CT molecular complexity index is 1160. The molecule has 2 N–H and O–H groups in total. The molecule has 3 aromatic rings. The maximum atomic E-state index is 13.6. The molecule has 1 heterocycles. The molecule has 2 amide bonds. The lowest BCUT2D eigenvalue weighted by molar-refractivity contribution is -0.125. The minimum atomic E-state index is -0.574. The molecule has 0 bridgehead atoms. The molecule has 0 aromatic heterocycles. The molecule has 0 unspecified atom stereocenters. The number of carbonyl (C=O) groups excluding carboxylic acids is 2. The van der Waals surface area contributed by atoms with Gasteiger partial charge in [-0.25, -0.2) is 5.48 Å². The summed E-state index contributed by atoms with van der Waals surface area (Å²) in [4.78, 5) is 27.2.